The molecule has 2 saturated carbocycles. The molecule has 2 fully saturated rings. The molecule has 1 amide bonds. The van der Waals surface area contributed by atoms with Crippen molar-refractivity contribution in [1.29, 1.82) is 0 Å². The molecule has 1 aromatic carbocycles. The molecule has 0 aliphatic heterocycles. The van der Waals surface area contributed by atoms with Gasteiger partial charge in [-0.3, -0.25) is 4.79 Å². The van der Waals surface area contributed by atoms with Crippen LogP contribution in [0.4, 0.5) is 5.13 Å². The zero-order valence-corrected chi connectivity index (χ0v) is 16.0. The molecule has 2 aliphatic carbocycles. The Bertz CT molecular complexity index is 743. The number of carbonyl (C=O) groups excluding carboxylic acids is 1. The van der Waals surface area contributed by atoms with E-state index in [1.807, 2.05) is 0 Å². The first-order valence-corrected chi connectivity index (χ1v) is 10.8. The average molecular weight is 374 g/mol. The standard InChI is InChI=1S/C19H23N3OS2/c1-12-2-4-13(5-3-12)11-24-19-22-21-18(25-19)20-17(23)10-16-9-14-6-7-15(16)8-14/h2-5,14-16H,6-11H2,1H3,(H,20,21,23)/t14-,15-,16+/m1/s1. The topological polar surface area (TPSA) is 54.9 Å². The number of anilines is 1. The van der Waals surface area contributed by atoms with E-state index in [1.54, 1.807) is 11.8 Å². The van der Waals surface area contributed by atoms with Crippen LogP contribution in [0.15, 0.2) is 28.6 Å². The van der Waals surface area contributed by atoms with Crippen molar-refractivity contribution in [1.82, 2.24) is 10.2 Å². The molecular formula is C19H23N3OS2. The number of nitrogens with zero attached hydrogens (tertiary/aromatic N) is 2. The zero-order chi connectivity index (χ0) is 17.2. The molecule has 0 spiro atoms. The van der Waals surface area contributed by atoms with Gasteiger partial charge in [-0.15, -0.1) is 10.2 Å². The SMILES string of the molecule is Cc1ccc(CSc2nnc(NC(=O)C[C@@H]3C[C@@H]4CC[C@@H]3C4)s2)cc1. The second kappa shape index (κ2) is 7.46. The van der Waals surface area contributed by atoms with Gasteiger partial charge < -0.3 is 5.32 Å². The molecule has 132 valence electrons. The summed E-state index contributed by atoms with van der Waals surface area (Å²) in [6, 6.07) is 8.53. The highest BCUT2D eigenvalue weighted by atomic mass is 32.2. The number of hydrogen-bond donors (Lipinski definition) is 1. The fourth-order valence-corrected chi connectivity index (χ4v) is 5.91. The number of thioether (sulfide) groups is 1. The van der Waals surface area contributed by atoms with Crippen LogP contribution in [0.25, 0.3) is 0 Å². The summed E-state index contributed by atoms with van der Waals surface area (Å²) < 4.78 is 0.899. The molecule has 2 aliphatic rings. The van der Waals surface area contributed by atoms with Crippen molar-refractivity contribution >= 4 is 34.1 Å². The van der Waals surface area contributed by atoms with E-state index >= 15 is 0 Å². The van der Waals surface area contributed by atoms with Crippen molar-refractivity contribution in [2.75, 3.05) is 5.32 Å². The van der Waals surface area contributed by atoms with E-state index in [1.165, 1.54) is 48.1 Å². The lowest BCUT2D eigenvalue weighted by molar-refractivity contribution is -0.117. The first-order valence-electron chi connectivity index (χ1n) is 8.97. The lowest BCUT2D eigenvalue weighted by atomic mass is 9.86. The minimum absolute atomic E-state index is 0.101. The van der Waals surface area contributed by atoms with Gasteiger partial charge in [-0.1, -0.05) is 59.3 Å². The predicted octanol–water partition coefficient (Wildman–Crippen LogP) is 4.90. The van der Waals surface area contributed by atoms with E-state index in [0.29, 0.717) is 17.5 Å². The lowest BCUT2D eigenvalue weighted by Crippen LogP contribution is -2.20. The van der Waals surface area contributed by atoms with Crippen LogP contribution in [0.2, 0.25) is 0 Å². The first-order chi connectivity index (χ1) is 12.2. The van der Waals surface area contributed by atoms with E-state index in [2.05, 4.69) is 46.7 Å². The molecule has 0 radical (unpaired) electrons. The Morgan fingerprint density at radius 3 is 2.80 bits per heavy atom. The third-order valence-corrected chi connectivity index (χ3v) is 7.51. The normalized spacial score (nSPS) is 24.6. The lowest BCUT2D eigenvalue weighted by Gasteiger charge is -2.20. The summed E-state index contributed by atoms with van der Waals surface area (Å²) in [7, 11) is 0. The molecule has 0 unspecified atom stereocenters. The molecule has 1 aromatic heterocycles. The Morgan fingerprint density at radius 2 is 2.08 bits per heavy atom. The summed E-state index contributed by atoms with van der Waals surface area (Å²) in [4.78, 5) is 12.3. The number of carbonyl (C=O) groups is 1. The van der Waals surface area contributed by atoms with Crippen LogP contribution in [-0.2, 0) is 10.5 Å². The minimum Gasteiger partial charge on any atom is -0.300 e. The minimum atomic E-state index is 0.101. The Kier molecular flexibility index (Phi) is 5.08. The van der Waals surface area contributed by atoms with Crippen LogP contribution < -0.4 is 5.32 Å². The summed E-state index contributed by atoms with van der Waals surface area (Å²) in [6.45, 7) is 2.09. The number of fused-ring (bicyclic) bond motifs is 2. The van der Waals surface area contributed by atoms with E-state index in [9.17, 15) is 4.79 Å². The van der Waals surface area contributed by atoms with Crippen LogP contribution in [0.1, 0.15) is 43.2 Å². The first kappa shape index (κ1) is 17.0. The van der Waals surface area contributed by atoms with E-state index in [4.69, 9.17) is 0 Å². The molecule has 1 heterocycles. The van der Waals surface area contributed by atoms with Gasteiger partial charge in [-0.2, -0.15) is 0 Å². The molecule has 3 atom stereocenters. The summed E-state index contributed by atoms with van der Waals surface area (Å²) in [5.41, 5.74) is 2.54. The largest absolute Gasteiger partial charge is 0.300 e. The number of aromatic nitrogens is 2. The maximum atomic E-state index is 12.3. The maximum Gasteiger partial charge on any atom is 0.226 e. The Morgan fingerprint density at radius 1 is 1.24 bits per heavy atom. The zero-order valence-electron chi connectivity index (χ0n) is 14.4. The molecule has 0 saturated heterocycles. The summed E-state index contributed by atoms with van der Waals surface area (Å²) in [6.07, 6.45) is 5.93. The van der Waals surface area contributed by atoms with Gasteiger partial charge in [-0.25, -0.2) is 0 Å². The van der Waals surface area contributed by atoms with Gasteiger partial charge >= 0.3 is 0 Å². The molecule has 2 bridgehead atoms. The molecule has 4 nitrogen and oxygen atoms in total. The van der Waals surface area contributed by atoms with Gasteiger partial charge in [0.05, 0.1) is 0 Å². The van der Waals surface area contributed by atoms with Gasteiger partial charge in [0.2, 0.25) is 11.0 Å². The summed E-state index contributed by atoms with van der Waals surface area (Å²) in [5.74, 6) is 3.22. The Balaban J connectivity index is 1.26. The van der Waals surface area contributed by atoms with Gasteiger partial charge in [-0.05, 0) is 49.5 Å². The second-order valence-corrected chi connectivity index (χ2v) is 9.53. The monoisotopic (exact) mass is 373 g/mol. The number of hydrogen-bond acceptors (Lipinski definition) is 5. The smallest absolute Gasteiger partial charge is 0.226 e. The number of rotatable bonds is 6. The molecule has 4 rings (SSSR count). The van der Waals surface area contributed by atoms with Crippen LogP contribution in [0, 0.1) is 24.7 Å². The molecule has 1 N–H and O–H groups in total. The van der Waals surface area contributed by atoms with E-state index in [-0.39, 0.29) is 5.91 Å². The van der Waals surface area contributed by atoms with Crippen molar-refractivity contribution in [3.8, 4) is 0 Å². The predicted molar refractivity (Wildman–Crippen MR) is 103 cm³/mol. The quantitative estimate of drug-likeness (QED) is 0.578. The molecule has 2 aromatic rings. The van der Waals surface area contributed by atoms with Crippen LogP contribution >= 0.6 is 23.1 Å². The van der Waals surface area contributed by atoms with E-state index in [0.717, 1.165) is 21.9 Å². The van der Waals surface area contributed by atoms with Gasteiger partial charge in [0.25, 0.3) is 0 Å². The Labute approximate surface area is 156 Å². The van der Waals surface area contributed by atoms with Gasteiger partial charge in [0.15, 0.2) is 4.34 Å². The molecule has 25 heavy (non-hydrogen) atoms. The summed E-state index contributed by atoms with van der Waals surface area (Å²) >= 11 is 3.13. The fourth-order valence-electron chi connectivity index (χ4n) is 4.18. The third-order valence-electron chi connectivity index (χ3n) is 5.47. The highest BCUT2D eigenvalue weighted by Crippen LogP contribution is 2.49. The highest BCUT2D eigenvalue weighted by Gasteiger charge is 2.40. The van der Waals surface area contributed by atoms with Crippen molar-refractivity contribution in [3.63, 3.8) is 0 Å². The van der Waals surface area contributed by atoms with Crippen molar-refractivity contribution in [2.45, 2.75) is 49.1 Å². The number of nitrogens with one attached hydrogen (secondary N) is 1. The van der Waals surface area contributed by atoms with Crippen LogP contribution in [0.5, 0.6) is 0 Å². The number of benzene rings is 1. The number of aryl methyl sites for hydroxylation is 1. The van der Waals surface area contributed by atoms with Crippen molar-refractivity contribution in [2.24, 2.45) is 17.8 Å². The second-order valence-electron chi connectivity index (χ2n) is 7.33. The fraction of sp³-hybridized carbons (Fsp3) is 0.526. The van der Waals surface area contributed by atoms with Crippen molar-refractivity contribution < 1.29 is 4.79 Å². The van der Waals surface area contributed by atoms with Crippen LogP contribution in [0.3, 0.4) is 0 Å². The molecule has 6 heteroatoms. The Hall–Kier alpha value is -1.40. The maximum absolute atomic E-state index is 12.3. The highest BCUT2D eigenvalue weighted by molar-refractivity contribution is 8.00. The van der Waals surface area contributed by atoms with Gasteiger partial charge in [0, 0.05) is 12.2 Å². The number of amides is 1. The van der Waals surface area contributed by atoms with Crippen molar-refractivity contribution in [3.05, 3.63) is 35.4 Å². The van der Waals surface area contributed by atoms with Gasteiger partial charge in [0.1, 0.15) is 0 Å². The van der Waals surface area contributed by atoms with E-state index < -0.39 is 0 Å². The molecular weight excluding hydrogens is 350 g/mol. The van der Waals surface area contributed by atoms with Crippen LogP contribution in [-0.4, -0.2) is 16.1 Å². The average Bonchev–Trinajstić information content (AvgIpc) is 3.31. The summed E-state index contributed by atoms with van der Waals surface area (Å²) in [5, 5.41) is 11.9. The third kappa shape index (κ3) is 4.23.